The summed E-state index contributed by atoms with van der Waals surface area (Å²) in [6.07, 6.45) is 3.46. The summed E-state index contributed by atoms with van der Waals surface area (Å²) in [6.45, 7) is 1.57. The summed E-state index contributed by atoms with van der Waals surface area (Å²) in [7, 11) is 1.70. The summed E-state index contributed by atoms with van der Waals surface area (Å²) in [5.74, 6) is 0.968. The molecule has 140 valence electrons. The molecule has 28 heavy (non-hydrogen) atoms. The fourth-order valence-corrected chi connectivity index (χ4v) is 3.45. The zero-order valence-corrected chi connectivity index (χ0v) is 15.9. The Morgan fingerprint density at radius 3 is 2.54 bits per heavy atom. The number of rotatable bonds is 6. The first kappa shape index (κ1) is 17.9. The van der Waals surface area contributed by atoms with E-state index in [4.69, 9.17) is 4.74 Å². The molecule has 0 aliphatic rings. The normalized spacial score (nSPS) is 10.9. The smallest absolute Gasteiger partial charge is 0.168 e. The molecule has 0 N–H and O–H groups in total. The SMILES string of the molecule is COc1ccccc1CCc1ccc(-c2ccc(C(C)=O)cc2)c2nncn12. The summed E-state index contributed by atoms with van der Waals surface area (Å²) in [4.78, 5) is 11.5. The lowest BCUT2D eigenvalue weighted by atomic mass is 10.0. The van der Waals surface area contributed by atoms with Gasteiger partial charge in [-0.2, -0.15) is 0 Å². The van der Waals surface area contributed by atoms with Gasteiger partial charge in [-0.3, -0.25) is 9.20 Å². The number of hydrogen-bond acceptors (Lipinski definition) is 4. The second kappa shape index (κ2) is 7.64. The molecular formula is C23H21N3O2. The zero-order chi connectivity index (χ0) is 19.5. The molecule has 4 rings (SSSR count). The lowest BCUT2D eigenvalue weighted by Crippen LogP contribution is -2.01. The predicted octanol–water partition coefficient (Wildman–Crippen LogP) is 4.39. The fraction of sp³-hybridized carbons (Fsp3) is 0.174. The molecule has 2 aromatic heterocycles. The average Bonchev–Trinajstić information content (AvgIpc) is 3.22. The first-order valence-corrected chi connectivity index (χ1v) is 9.22. The third kappa shape index (κ3) is 3.39. The van der Waals surface area contributed by atoms with Crippen LogP contribution in [0.3, 0.4) is 0 Å². The van der Waals surface area contributed by atoms with Gasteiger partial charge in [0.15, 0.2) is 11.4 Å². The molecule has 0 amide bonds. The average molecular weight is 371 g/mol. The van der Waals surface area contributed by atoms with Gasteiger partial charge in [0.1, 0.15) is 12.1 Å². The summed E-state index contributed by atoms with van der Waals surface area (Å²) >= 11 is 0. The van der Waals surface area contributed by atoms with E-state index in [1.807, 2.05) is 46.9 Å². The van der Waals surface area contributed by atoms with Crippen LogP contribution in [0.4, 0.5) is 0 Å². The number of carbonyl (C=O) groups is 1. The summed E-state index contributed by atoms with van der Waals surface area (Å²) in [5.41, 5.74) is 5.83. The predicted molar refractivity (Wildman–Crippen MR) is 109 cm³/mol. The van der Waals surface area contributed by atoms with E-state index in [1.54, 1.807) is 20.4 Å². The van der Waals surface area contributed by atoms with Crippen LogP contribution in [0, 0.1) is 0 Å². The van der Waals surface area contributed by atoms with Crippen molar-refractivity contribution in [1.29, 1.82) is 0 Å². The van der Waals surface area contributed by atoms with Gasteiger partial charge in [0.2, 0.25) is 0 Å². The fourth-order valence-electron chi connectivity index (χ4n) is 3.45. The Hall–Kier alpha value is -3.47. The van der Waals surface area contributed by atoms with Crippen molar-refractivity contribution in [2.45, 2.75) is 19.8 Å². The topological polar surface area (TPSA) is 56.5 Å². The van der Waals surface area contributed by atoms with Crippen molar-refractivity contribution in [1.82, 2.24) is 14.6 Å². The molecule has 0 aliphatic carbocycles. The van der Waals surface area contributed by atoms with Gasteiger partial charge >= 0.3 is 0 Å². The van der Waals surface area contributed by atoms with Gasteiger partial charge in [0.05, 0.1) is 7.11 Å². The van der Waals surface area contributed by atoms with Crippen LogP contribution < -0.4 is 4.74 Å². The summed E-state index contributed by atoms with van der Waals surface area (Å²) in [5, 5.41) is 8.44. The Morgan fingerprint density at radius 2 is 1.79 bits per heavy atom. The maximum atomic E-state index is 11.5. The molecule has 2 heterocycles. The maximum absolute atomic E-state index is 11.5. The van der Waals surface area contributed by atoms with Crippen molar-refractivity contribution in [3.8, 4) is 16.9 Å². The number of aryl methyl sites for hydroxylation is 2. The highest BCUT2D eigenvalue weighted by atomic mass is 16.5. The van der Waals surface area contributed by atoms with E-state index in [2.05, 4.69) is 28.4 Å². The Morgan fingerprint density at radius 1 is 1.00 bits per heavy atom. The Labute approximate surface area is 163 Å². The second-order valence-corrected chi connectivity index (χ2v) is 6.71. The van der Waals surface area contributed by atoms with E-state index in [-0.39, 0.29) is 5.78 Å². The minimum absolute atomic E-state index is 0.0610. The third-order valence-electron chi connectivity index (χ3n) is 4.99. The Kier molecular flexibility index (Phi) is 4.89. The highest BCUT2D eigenvalue weighted by Gasteiger charge is 2.11. The molecule has 4 aromatic rings. The van der Waals surface area contributed by atoms with E-state index in [1.165, 1.54) is 5.56 Å². The van der Waals surface area contributed by atoms with Gasteiger partial charge in [-0.05, 0) is 49.1 Å². The van der Waals surface area contributed by atoms with Crippen molar-refractivity contribution in [3.63, 3.8) is 0 Å². The number of para-hydroxylation sites is 1. The van der Waals surface area contributed by atoms with E-state index < -0.39 is 0 Å². The van der Waals surface area contributed by atoms with Crippen molar-refractivity contribution in [2.24, 2.45) is 0 Å². The van der Waals surface area contributed by atoms with Gasteiger partial charge < -0.3 is 4.74 Å². The standard InChI is InChI=1S/C23H21N3O2/c1-16(27)17-7-9-18(10-8-17)21-14-13-20(26-15-24-25-23(21)26)12-11-19-5-3-4-6-22(19)28-2/h3-10,13-15H,11-12H2,1-2H3. The van der Waals surface area contributed by atoms with E-state index in [0.29, 0.717) is 5.56 Å². The van der Waals surface area contributed by atoms with Crippen molar-refractivity contribution >= 4 is 11.4 Å². The lowest BCUT2D eigenvalue weighted by Gasteiger charge is -2.11. The molecule has 0 aliphatic heterocycles. The van der Waals surface area contributed by atoms with Crippen LogP contribution in [0.15, 0.2) is 67.0 Å². The van der Waals surface area contributed by atoms with E-state index >= 15 is 0 Å². The highest BCUT2D eigenvalue weighted by molar-refractivity contribution is 5.94. The van der Waals surface area contributed by atoms with Gasteiger partial charge in [0, 0.05) is 16.8 Å². The number of ether oxygens (including phenoxy) is 1. The molecule has 0 atom stereocenters. The van der Waals surface area contributed by atoms with Crippen LogP contribution >= 0.6 is 0 Å². The van der Waals surface area contributed by atoms with Gasteiger partial charge in [-0.1, -0.05) is 42.5 Å². The minimum atomic E-state index is 0.0610. The molecule has 0 saturated heterocycles. The molecule has 5 heteroatoms. The largest absolute Gasteiger partial charge is 0.496 e. The van der Waals surface area contributed by atoms with Crippen LogP contribution in [0.2, 0.25) is 0 Å². The van der Waals surface area contributed by atoms with Crippen LogP contribution in [-0.4, -0.2) is 27.5 Å². The van der Waals surface area contributed by atoms with Gasteiger partial charge in [0.25, 0.3) is 0 Å². The first-order valence-electron chi connectivity index (χ1n) is 9.22. The number of ketones is 1. The number of methoxy groups -OCH3 is 1. The number of fused-ring (bicyclic) bond motifs is 1. The molecule has 2 aromatic carbocycles. The van der Waals surface area contributed by atoms with Crippen LogP contribution in [0.1, 0.15) is 28.5 Å². The summed E-state index contributed by atoms with van der Waals surface area (Å²) in [6, 6.07) is 19.9. The van der Waals surface area contributed by atoms with Crippen molar-refractivity contribution in [3.05, 3.63) is 83.8 Å². The number of pyridine rings is 1. The van der Waals surface area contributed by atoms with Crippen molar-refractivity contribution in [2.75, 3.05) is 7.11 Å². The lowest BCUT2D eigenvalue weighted by molar-refractivity contribution is 0.101. The minimum Gasteiger partial charge on any atom is -0.496 e. The van der Waals surface area contributed by atoms with Crippen LogP contribution in [0.25, 0.3) is 16.8 Å². The molecule has 0 unspecified atom stereocenters. The zero-order valence-electron chi connectivity index (χ0n) is 15.9. The Balaban J connectivity index is 1.65. The van der Waals surface area contributed by atoms with Crippen LogP contribution in [-0.2, 0) is 12.8 Å². The Bertz CT molecular complexity index is 1130. The summed E-state index contributed by atoms with van der Waals surface area (Å²) < 4.78 is 7.49. The second-order valence-electron chi connectivity index (χ2n) is 6.71. The maximum Gasteiger partial charge on any atom is 0.168 e. The van der Waals surface area contributed by atoms with E-state index in [9.17, 15) is 4.79 Å². The van der Waals surface area contributed by atoms with Gasteiger partial charge in [-0.15, -0.1) is 10.2 Å². The molecule has 0 saturated carbocycles. The molecule has 0 fully saturated rings. The van der Waals surface area contributed by atoms with Crippen LogP contribution in [0.5, 0.6) is 5.75 Å². The number of nitrogens with zero attached hydrogens (tertiary/aromatic N) is 3. The number of Topliss-reactive ketones (excluding diaryl/α,β-unsaturated/α-hetero) is 1. The molecule has 0 radical (unpaired) electrons. The monoisotopic (exact) mass is 371 g/mol. The number of aromatic nitrogens is 3. The number of benzene rings is 2. The molecule has 0 spiro atoms. The number of hydrogen-bond donors (Lipinski definition) is 0. The molecular weight excluding hydrogens is 350 g/mol. The quantitative estimate of drug-likeness (QED) is 0.472. The number of carbonyl (C=O) groups excluding carboxylic acids is 1. The highest BCUT2D eigenvalue weighted by Crippen LogP contribution is 2.26. The first-order chi connectivity index (χ1) is 13.7. The van der Waals surface area contributed by atoms with Gasteiger partial charge in [-0.25, -0.2) is 0 Å². The third-order valence-corrected chi connectivity index (χ3v) is 4.99. The van der Waals surface area contributed by atoms with Crippen molar-refractivity contribution < 1.29 is 9.53 Å². The molecule has 0 bridgehead atoms. The van der Waals surface area contributed by atoms with E-state index in [0.717, 1.165) is 41.1 Å². The molecule has 5 nitrogen and oxygen atoms in total.